The average Bonchev–Trinajstić information content (AvgIpc) is 2.13. The second-order valence-corrected chi connectivity index (χ2v) is 5.89. The SMILES string of the molecule is COC(=O)C(C)(C)CC(C)(C)C(=O)OC(C)C. The molecule has 0 aliphatic rings. The first-order valence-electron chi connectivity index (χ1n) is 5.82. The highest BCUT2D eigenvalue weighted by atomic mass is 16.5. The van der Waals surface area contributed by atoms with Crippen LogP contribution in [0.25, 0.3) is 0 Å². The van der Waals surface area contributed by atoms with Gasteiger partial charge >= 0.3 is 11.9 Å². The summed E-state index contributed by atoms with van der Waals surface area (Å²) < 4.78 is 9.91. The van der Waals surface area contributed by atoms with Crippen molar-refractivity contribution in [3.05, 3.63) is 0 Å². The molecule has 4 heteroatoms. The zero-order chi connectivity index (χ0) is 13.9. The highest BCUT2D eigenvalue weighted by Crippen LogP contribution is 2.35. The monoisotopic (exact) mass is 244 g/mol. The first kappa shape index (κ1) is 15.9. The van der Waals surface area contributed by atoms with Crippen LogP contribution in [0.1, 0.15) is 48.0 Å². The van der Waals surface area contributed by atoms with Crippen molar-refractivity contribution in [3.63, 3.8) is 0 Å². The van der Waals surface area contributed by atoms with E-state index in [1.54, 1.807) is 41.5 Å². The van der Waals surface area contributed by atoms with Crippen molar-refractivity contribution in [2.45, 2.75) is 54.1 Å². The minimum absolute atomic E-state index is 0.150. The smallest absolute Gasteiger partial charge is 0.311 e. The Balaban J connectivity index is 4.74. The molecule has 100 valence electrons. The summed E-state index contributed by atoms with van der Waals surface area (Å²) in [4.78, 5) is 23.5. The van der Waals surface area contributed by atoms with E-state index in [1.807, 2.05) is 0 Å². The van der Waals surface area contributed by atoms with E-state index in [0.29, 0.717) is 6.42 Å². The van der Waals surface area contributed by atoms with Gasteiger partial charge in [-0.15, -0.1) is 0 Å². The molecule has 0 atom stereocenters. The molecule has 0 amide bonds. The lowest BCUT2D eigenvalue weighted by Gasteiger charge is -2.31. The Morgan fingerprint density at radius 1 is 1.00 bits per heavy atom. The second kappa shape index (κ2) is 5.52. The zero-order valence-corrected chi connectivity index (χ0v) is 11.9. The normalized spacial score (nSPS) is 12.5. The molecule has 0 aliphatic heterocycles. The quantitative estimate of drug-likeness (QED) is 0.697. The van der Waals surface area contributed by atoms with Gasteiger partial charge in [0.2, 0.25) is 0 Å². The third-order valence-electron chi connectivity index (χ3n) is 2.52. The van der Waals surface area contributed by atoms with E-state index in [2.05, 4.69) is 0 Å². The Kier molecular flexibility index (Phi) is 5.17. The van der Waals surface area contributed by atoms with E-state index < -0.39 is 10.8 Å². The topological polar surface area (TPSA) is 52.6 Å². The molecule has 17 heavy (non-hydrogen) atoms. The number of carbonyl (C=O) groups excluding carboxylic acids is 2. The van der Waals surface area contributed by atoms with E-state index in [-0.39, 0.29) is 18.0 Å². The van der Waals surface area contributed by atoms with Gasteiger partial charge in [-0.1, -0.05) is 0 Å². The van der Waals surface area contributed by atoms with Crippen LogP contribution in [0, 0.1) is 10.8 Å². The predicted octanol–water partition coefficient (Wildman–Crippen LogP) is 2.55. The van der Waals surface area contributed by atoms with Gasteiger partial charge in [0.15, 0.2) is 0 Å². The molecule has 0 saturated heterocycles. The van der Waals surface area contributed by atoms with Crippen LogP contribution in [0.5, 0.6) is 0 Å². The van der Waals surface area contributed by atoms with Gasteiger partial charge < -0.3 is 9.47 Å². The first-order chi connectivity index (χ1) is 7.53. The van der Waals surface area contributed by atoms with Gasteiger partial charge in [0.1, 0.15) is 0 Å². The summed E-state index contributed by atoms with van der Waals surface area (Å²) in [5.74, 6) is -0.604. The number of ether oxygens (including phenoxy) is 2. The molecule has 0 aromatic heterocycles. The number of hydrogen-bond donors (Lipinski definition) is 0. The minimum atomic E-state index is -0.706. The van der Waals surface area contributed by atoms with Crippen molar-refractivity contribution in [1.82, 2.24) is 0 Å². The summed E-state index contributed by atoms with van der Waals surface area (Å²) >= 11 is 0. The largest absolute Gasteiger partial charge is 0.469 e. The molecule has 0 rings (SSSR count). The van der Waals surface area contributed by atoms with Crippen LogP contribution in [0.3, 0.4) is 0 Å². The molecule has 0 spiro atoms. The van der Waals surface area contributed by atoms with Crippen molar-refractivity contribution in [1.29, 1.82) is 0 Å². The first-order valence-corrected chi connectivity index (χ1v) is 5.82. The number of hydrogen-bond acceptors (Lipinski definition) is 4. The lowest BCUT2D eigenvalue weighted by atomic mass is 9.75. The molecule has 0 radical (unpaired) electrons. The summed E-state index contributed by atoms with van der Waals surface area (Å²) in [5.41, 5.74) is -1.41. The Labute approximate surface area is 104 Å². The van der Waals surface area contributed by atoms with Crippen molar-refractivity contribution >= 4 is 11.9 Å². The number of methoxy groups -OCH3 is 1. The van der Waals surface area contributed by atoms with Crippen molar-refractivity contribution in [2.24, 2.45) is 10.8 Å². The minimum Gasteiger partial charge on any atom is -0.469 e. The van der Waals surface area contributed by atoms with E-state index in [4.69, 9.17) is 9.47 Å². The van der Waals surface area contributed by atoms with Crippen molar-refractivity contribution in [3.8, 4) is 0 Å². The predicted molar refractivity (Wildman–Crippen MR) is 65.4 cm³/mol. The summed E-state index contributed by atoms with van der Waals surface area (Å²) in [5, 5.41) is 0. The molecule has 0 aliphatic carbocycles. The summed E-state index contributed by atoms with van der Waals surface area (Å²) in [6, 6.07) is 0. The maximum absolute atomic E-state index is 11.9. The second-order valence-electron chi connectivity index (χ2n) is 5.89. The van der Waals surface area contributed by atoms with Crippen LogP contribution in [0.4, 0.5) is 0 Å². The van der Waals surface area contributed by atoms with Gasteiger partial charge in [-0.3, -0.25) is 9.59 Å². The van der Waals surface area contributed by atoms with Crippen LogP contribution < -0.4 is 0 Å². The molecule has 0 saturated carbocycles. The van der Waals surface area contributed by atoms with E-state index >= 15 is 0 Å². The Hall–Kier alpha value is -1.06. The van der Waals surface area contributed by atoms with Crippen LogP contribution in [0.2, 0.25) is 0 Å². The molecular formula is C13H24O4. The molecular weight excluding hydrogens is 220 g/mol. The van der Waals surface area contributed by atoms with Gasteiger partial charge in [-0.05, 0) is 48.0 Å². The van der Waals surface area contributed by atoms with Gasteiger partial charge in [-0.2, -0.15) is 0 Å². The summed E-state index contributed by atoms with van der Waals surface area (Å²) in [7, 11) is 1.35. The van der Waals surface area contributed by atoms with E-state index in [0.717, 1.165) is 0 Å². The Morgan fingerprint density at radius 3 is 1.76 bits per heavy atom. The van der Waals surface area contributed by atoms with Gasteiger partial charge in [0.05, 0.1) is 24.0 Å². The third-order valence-corrected chi connectivity index (χ3v) is 2.52. The van der Waals surface area contributed by atoms with Crippen LogP contribution in [-0.2, 0) is 19.1 Å². The Morgan fingerprint density at radius 2 is 1.41 bits per heavy atom. The number of rotatable bonds is 5. The van der Waals surface area contributed by atoms with Gasteiger partial charge in [0.25, 0.3) is 0 Å². The van der Waals surface area contributed by atoms with Crippen molar-refractivity contribution < 1.29 is 19.1 Å². The average molecular weight is 244 g/mol. The van der Waals surface area contributed by atoms with Gasteiger partial charge in [-0.25, -0.2) is 0 Å². The molecule has 0 N–H and O–H groups in total. The lowest BCUT2D eigenvalue weighted by molar-refractivity contribution is -0.163. The molecule has 0 unspecified atom stereocenters. The molecule has 0 bridgehead atoms. The molecule has 0 fully saturated rings. The molecule has 0 aromatic rings. The highest BCUT2D eigenvalue weighted by Gasteiger charge is 2.40. The fraction of sp³-hybridized carbons (Fsp3) is 0.846. The van der Waals surface area contributed by atoms with E-state index in [1.165, 1.54) is 7.11 Å². The van der Waals surface area contributed by atoms with Crippen LogP contribution in [0.15, 0.2) is 0 Å². The third kappa shape index (κ3) is 4.75. The fourth-order valence-electron chi connectivity index (χ4n) is 1.90. The van der Waals surface area contributed by atoms with E-state index in [9.17, 15) is 9.59 Å². The lowest BCUT2D eigenvalue weighted by Crippen LogP contribution is -2.37. The van der Waals surface area contributed by atoms with Gasteiger partial charge in [0, 0.05) is 0 Å². The van der Waals surface area contributed by atoms with Crippen LogP contribution in [-0.4, -0.2) is 25.2 Å². The Bertz CT molecular complexity index is 290. The standard InChI is InChI=1S/C13H24O4/c1-9(2)17-11(15)13(5,6)8-12(3,4)10(14)16-7/h9H,8H2,1-7H3. The highest BCUT2D eigenvalue weighted by molar-refractivity contribution is 5.80. The van der Waals surface area contributed by atoms with Crippen LogP contribution >= 0.6 is 0 Å². The maximum atomic E-state index is 11.9. The summed E-state index contributed by atoms with van der Waals surface area (Å²) in [6.45, 7) is 10.7. The van der Waals surface area contributed by atoms with Crippen molar-refractivity contribution in [2.75, 3.05) is 7.11 Å². The number of esters is 2. The molecule has 0 heterocycles. The fourth-order valence-corrected chi connectivity index (χ4v) is 1.90. The molecule has 4 nitrogen and oxygen atoms in total. The zero-order valence-electron chi connectivity index (χ0n) is 11.9. The maximum Gasteiger partial charge on any atom is 0.311 e. The molecule has 0 aromatic carbocycles. The number of carbonyl (C=O) groups is 2. The summed E-state index contributed by atoms with van der Waals surface area (Å²) in [6.07, 6.45) is 0.237.